The van der Waals surface area contributed by atoms with E-state index in [0.29, 0.717) is 17.4 Å². The molecule has 2 amide bonds. The molecule has 1 aliphatic heterocycles. The summed E-state index contributed by atoms with van der Waals surface area (Å²) in [5.41, 5.74) is 3.59. The molecule has 1 aromatic heterocycles. The fourth-order valence-corrected chi connectivity index (χ4v) is 3.91. The molecule has 0 atom stereocenters. The molecule has 28 heavy (non-hydrogen) atoms. The van der Waals surface area contributed by atoms with Crippen molar-refractivity contribution < 1.29 is 14.3 Å². The minimum atomic E-state index is -0.348. The Kier molecular flexibility index (Phi) is 6.86. The van der Waals surface area contributed by atoms with Crippen LogP contribution in [0.3, 0.4) is 0 Å². The average molecular weight is 403 g/mol. The summed E-state index contributed by atoms with van der Waals surface area (Å²) in [6.45, 7) is 6.16. The third-order valence-electron chi connectivity index (χ3n) is 4.50. The summed E-state index contributed by atoms with van der Waals surface area (Å²) >= 11 is 1.28. The van der Waals surface area contributed by atoms with Gasteiger partial charge in [-0.2, -0.15) is 0 Å². The van der Waals surface area contributed by atoms with Crippen molar-refractivity contribution in [3.05, 3.63) is 34.8 Å². The van der Waals surface area contributed by atoms with Crippen molar-refractivity contribution in [1.82, 2.24) is 4.98 Å². The number of hydrogen-bond donors (Lipinski definition) is 2. The smallest absolute Gasteiger partial charge is 0.325 e. The molecule has 0 spiro atoms. The zero-order chi connectivity index (χ0) is 19.9. The van der Waals surface area contributed by atoms with Gasteiger partial charge in [0.05, 0.1) is 30.1 Å². The number of piperidine rings is 1. The molecule has 150 valence electrons. The maximum absolute atomic E-state index is 12.5. The minimum absolute atomic E-state index is 0.102. The van der Waals surface area contributed by atoms with Crippen LogP contribution in [0.1, 0.15) is 37.4 Å². The van der Waals surface area contributed by atoms with E-state index in [1.807, 2.05) is 12.1 Å². The van der Waals surface area contributed by atoms with Crippen molar-refractivity contribution in [3.8, 4) is 0 Å². The van der Waals surface area contributed by atoms with Gasteiger partial charge >= 0.3 is 12.0 Å². The molecule has 1 saturated heterocycles. The minimum Gasteiger partial charge on any atom is -0.466 e. The van der Waals surface area contributed by atoms with Crippen molar-refractivity contribution >= 4 is 39.8 Å². The number of urea groups is 1. The van der Waals surface area contributed by atoms with E-state index in [1.54, 1.807) is 12.3 Å². The van der Waals surface area contributed by atoms with Gasteiger partial charge in [0.1, 0.15) is 0 Å². The van der Waals surface area contributed by atoms with Crippen molar-refractivity contribution in [2.75, 3.05) is 35.2 Å². The lowest BCUT2D eigenvalue weighted by Gasteiger charge is -2.30. The Morgan fingerprint density at radius 2 is 2.00 bits per heavy atom. The third kappa shape index (κ3) is 5.45. The summed E-state index contributed by atoms with van der Waals surface area (Å²) < 4.78 is 4.92. The zero-order valence-electron chi connectivity index (χ0n) is 16.3. The summed E-state index contributed by atoms with van der Waals surface area (Å²) in [5, 5.41) is 7.88. The van der Waals surface area contributed by atoms with Crippen LogP contribution in [0.4, 0.5) is 21.3 Å². The number of anilines is 3. The zero-order valence-corrected chi connectivity index (χ0v) is 17.1. The highest BCUT2D eigenvalue weighted by Gasteiger charge is 2.17. The molecular weight excluding hydrogens is 376 g/mol. The van der Waals surface area contributed by atoms with Crippen molar-refractivity contribution in [3.63, 3.8) is 0 Å². The number of hydrogen-bond acceptors (Lipinski definition) is 6. The summed E-state index contributed by atoms with van der Waals surface area (Å²) in [6, 6.07) is 5.69. The van der Waals surface area contributed by atoms with Crippen LogP contribution in [0.5, 0.6) is 0 Å². The number of carbonyl (C=O) groups excluding carboxylic acids is 2. The van der Waals surface area contributed by atoms with Crippen LogP contribution in [-0.2, 0) is 16.0 Å². The number of nitrogens with one attached hydrogen (secondary N) is 2. The van der Waals surface area contributed by atoms with Gasteiger partial charge in [-0.15, -0.1) is 11.3 Å². The maximum Gasteiger partial charge on any atom is 0.325 e. The topological polar surface area (TPSA) is 83.6 Å². The first kappa shape index (κ1) is 20.1. The molecule has 2 aromatic rings. The highest BCUT2D eigenvalue weighted by atomic mass is 32.1. The number of nitrogens with zero attached hydrogens (tertiary/aromatic N) is 2. The standard InChI is InChI=1S/C20H26N4O3S/c1-3-27-18(25)12-15-13-28-20(21-15)23-19(26)22-16-8-7-14(2)11-17(16)24-9-5-4-6-10-24/h7-8,11,13H,3-6,9-10,12H2,1-2H3,(H2,21,22,23,26). The number of amides is 2. The van der Waals surface area contributed by atoms with Crippen molar-refractivity contribution in [2.24, 2.45) is 0 Å². The van der Waals surface area contributed by atoms with Gasteiger partial charge in [-0.05, 0) is 50.8 Å². The van der Waals surface area contributed by atoms with E-state index >= 15 is 0 Å². The molecule has 7 nitrogen and oxygen atoms in total. The highest BCUT2D eigenvalue weighted by Crippen LogP contribution is 2.30. The molecule has 8 heteroatoms. The Bertz CT molecular complexity index is 831. The molecule has 0 bridgehead atoms. The number of aryl methyl sites for hydroxylation is 1. The molecular formula is C20H26N4O3S. The predicted octanol–water partition coefficient (Wildman–Crippen LogP) is 4.19. The van der Waals surface area contributed by atoms with E-state index in [-0.39, 0.29) is 18.4 Å². The van der Waals surface area contributed by atoms with E-state index < -0.39 is 0 Å². The van der Waals surface area contributed by atoms with Gasteiger partial charge in [0, 0.05) is 18.5 Å². The predicted molar refractivity (Wildman–Crippen MR) is 112 cm³/mol. The molecule has 3 rings (SSSR count). The summed E-state index contributed by atoms with van der Waals surface area (Å²) in [6.07, 6.45) is 3.69. The molecule has 0 unspecified atom stereocenters. The van der Waals surface area contributed by atoms with Crippen LogP contribution in [0.2, 0.25) is 0 Å². The van der Waals surface area contributed by atoms with Gasteiger partial charge in [-0.1, -0.05) is 6.07 Å². The van der Waals surface area contributed by atoms with E-state index in [1.165, 1.54) is 30.6 Å². The number of thiazole rings is 1. The Labute approximate surface area is 169 Å². The fraction of sp³-hybridized carbons (Fsp3) is 0.450. The summed E-state index contributed by atoms with van der Waals surface area (Å²) in [7, 11) is 0. The van der Waals surface area contributed by atoms with Gasteiger partial charge in [0.2, 0.25) is 0 Å². The number of carbonyl (C=O) groups is 2. The Morgan fingerprint density at radius 1 is 1.21 bits per heavy atom. The molecule has 1 fully saturated rings. The lowest BCUT2D eigenvalue weighted by atomic mass is 10.1. The monoisotopic (exact) mass is 402 g/mol. The van der Waals surface area contributed by atoms with Crippen LogP contribution in [-0.4, -0.2) is 36.7 Å². The largest absolute Gasteiger partial charge is 0.466 e. The number of rotatable bonds is 6. The quantitative estimate of drug-likeness (QED) is 0.708. The second-order valence-electron chi connectivity index (χ2n) is 6.77. The lowest BCUT2D eigenvalue weighted by Crippen LogP contribution is -2.31. The second kappa shape index (κ2) is 9.54. The van der Waals surface area contributed by atoms with Gasteiger partial charge < -0.3 is 15.0 Å². The Morgan fingerprint density at radius 3 is 2.75 bits per heavy atom. The van der Waals surface area contributed by atoms with E-state index in [0.717, 1.165) is 30.0 Å². The van der Waals surface area contributed by atoms with Crippen LogP contribution >= 0.6 is 11.3 Å². The van der Waals surface area contributed by atoms with Crippen LogP contribution in [0.25, 0.3) is 0 Å². The molecule has 2 N–H and O–H groups in total. The van der Waals surface area contributed by atoms with Crippen molar-refractivity contribution in [1.29, 1.82) is 0 Å². The molecule has 1 aromatic carbocycles. The van der Waals surface area contributed by atoms with Gasteiger partial charge in [0.25, 0.3) is 0 Å². The Balaban J connectivity index is 1.63. The number of benzene rings is 1. The molecule has 0 saturated carbocycles. The number of ether oxygens (including phenoxy) is 1. The van der Waals surface area contributed by atoms with Crippen LogP contribution in [0.15, 0.2) is 23.6 Å². The van der Waals surface area contributed by atoms with E-state index in [4.69, 9.17) is 4.74 Å². The Hall–Kier alpha value is -2.61. The number of esters is 1. The summed E-state index contributed by atoms with van der Waals surface area (Å²) in [4.78, 5) is 30.6. The molecule has 1 aliphatic rings. The third-order valence-corrected chi connectivity index (χ3v) is 5.31. The number of aromatic nitrogens is 1. The van der Waals surface area contributed by atoms with Gasteiger partial charge in [0.15, 0.2) is 5.13 Å². The second-order valence-corrected chi connectivity index (χ2v) is 7.63. The van der Waals surface area contributed by atoms with Gasteiger partial charge in [-0.3, -0.25) is 10.1 Å². The SMILES string of the molecule is CCOC(=O)Cc1csc(NC(=O)Nc2ccc(C)cc2N2CCCCC2)n1. The highest BCUT2D eigenvalue weighted by molar-refractivity contribution is 7.14. The first-order valence-electron chi connectivity index (χ1n) is 9.59. The molecule has 2 heterocycles. The first-order chi connectivity index (χ1) is 13.5. The molecule has 0 aliphatic carbocycles. The normalized spacial score (nSPS) is 13.9. The summed E-state index contributed by atoms with van der Waals surface area (Å²) in [5.74, 6) is -0.324. The van der Waals surface area contributed by atoms with Crippen molar-refractivity contribution in [2.45, 2.75) is 39.5 Å². The van der Waals surface area contributed by atoms with E-state index in [9.17, 15) is 9.59 Å². The van der Waals surface area contributed by atoms with E-state index in [2.05, 4.69) is 33.5 Å². The fourth-order valence-electron chi connectivity index (χ4n) is 3.20. The first-order valence-corrected chi connectivity index (χ1v) is 10.5. The van der Waals surface area contributed by atoms with Crippen LogP contribution in [0, 0.1) is 6.92 Å². The maximum atomic E-state index is 12.5. The lowest BCUT2D eigenvalue weighted by molar-refractivity contribution is -0.142. The van der Waals surface area contributed by atoms with Gasteiger partial charge in [-0.25, -0.2) is 9.78 Å². The van der Waals surface area contributed by atoms with Crippen LogP contribution < -0.4 is 15.5 Å². The average Bonchev–Trinajstić information content (AvgIpc) is 3.10. The molecule has 0 radical (unpaired) electrons.